The van der Waals surface area contributed by atoms with Crippen LogP contribution in [0.3, 0.4) is 0 Å². The van der Waals surface area contributed by atoms with E-state index in [1.165, 1.54) is 6.34 Å². The lowest BCUT2D eigenvalue weighted by atomic mass is 10.2. The predicted octanol–water partition coefficient (Wildman–Crippen LogP) is 3.89. The molecule has 2 aromatic carbocycles. The SMILES string of the molecule is CCN(/C=N/S(=O)(=O)c1ccc(C)cc1)c1ccc(Cl)cc1. The van der Waals surface area contributed by atoms with Gasteiger partial charge in [-0.3, -0.25) is 0 Å². The number of rotatable bonds is 5. The van der Waals surface area contributed by atoms with Gasteiger partial charge in [0.2, 0.25) is 0 Å². The molecule has 2 aromatic rings. The number of aryl methyl sites for hydroxylation is 1. The van der Waals surface area contributed by atoms with Crippen molar-refractivity contribution in [2.45, 2.75) is 18.7 Å². The van der Waals surface area contributed by atoms with Crippen molar-refractivity contribution in [2.24, 2.45) is 4.40 Å². The molecule has 0 saturated carbocycles. The van der Waals surface area contributed by atoms with Gasteiger partial charge in [-0.05, 0) is 50.2 Å². The van der Waals surface area contributed by atoms with Crippen molar-refractivity contribution in [3.63, 3.8) is 0 Å². The third-order valence-corrected chi connectivity index (χ3v) is 4.63. The number of nitrogens with zero attached hydrogens (tertiary/aromatic N) is 2. The molecule has 0 aliphatic rings. The minimum absolute atomic E-state index is 0.182. The number of hydrogen-bond donors (Lipinski definition) is 0. The Bertz CT molecular complexity index is 754. The van der Waals surface area contributed by atoms with Gasteiger partial charge in [0.05, 0.1) is 4.90 Å². The van der Waals surface area contributed by atoms with Crippen molar-refractivity contribution in [3.8, 4) is 0 Å². The normalized spacial score (nSPS) is 11.8. The minimum atomic E-state index is -3.70. The molecule has 22 heavy (non-hydrogen) atoms. The van der Waals surface area contributed by atoms with E-state index in [-0.39, 0.29) is 4.90 Å². The van der Waals surface area contributed by atoms with Crippen LogP contribution in [-0.4, -0.2) is 21.3 Å². The highest BCUT2D eigenvalue weighted by Gasteiger charge is 2.12. The van der Waals surface area contributed by atoms with E-state index in [2.05, 4.69) is 4.40 Å². The van der Waals surface area contributed by atoms with E-state index in [4.69, 9.17) is 11.6 Å². The maximum absolute atomic E-state index is 12.2. The summed E-state index contributed by atoms with van der Waals surface area (Å²) in [5, 5.41) is 0.629. The summed E-state index contributed by atoms with van der Waals surface area (Å²) in [5.74, 6) is 0. The standard InChI is InChI=1S/C16H17ClN2O2S/c1-3-19(15-8-6-14(17)7-9-15)12-18-22(20,21)16-10-4-13(2)5-11-16/h4-12H,3H2,1-2H3/b18-12+. The van der Waals surface area contributed by atoms with Crippen molar-refractivity contribution in [1.82, 2.24) is 0 Å². The predicted molar refractivity (Wildman–Crippen MR) is 91.3 cm³/mol. The second-order valence-corrected chi connectivity index (χ2v) is 6.84. The molecule has 4 nitrogen and oxygen atoms in total. The van der Waals surface area contributed by atoms with Gasteiger partial charge in [0.15, 0.2) is 0 Å². The Morgan fingerprint density at radius 3 is 2.23 bits per heavy atom. The summed E-state index contributed by atoms with van der Waals surface area (Å²) >= 11 is 5.85. The highest BCUT2D eigenvalue weighted by molar-refractivity contribution is 7.90. The first-order valence-corrected chi connectivity index (χ1v) is 8.63. The van der Waals surface area contributed by atoms with Gasteiger partial charge in [0.25, 0.3) is 10.0 Å². The Hall–Kier alpha value is -1.85. The van der Waals surface area contributed by atoms with Crippen LogP contribution < -0.4 is 4.90 Å². The third kappa shape index (κ3) is 4.08. The van der Waals surface area contributed by atoms with E-state index in [0.717, 1.165) is 11.3 Å². The number of halogens is 1. The fraction of sp³-hybridized carbons (Fsp3) is 0.188. The molecule has 0 atom stereocenters. The second kappa shape index (κ2) is 6.94. The van der Waals surface area contributed by atoms with Crippen LogP contribution in [0, 0.1) is 6.92 Å². The topological polar surface area (TPSA) is 49.7 Å². The van der Waals surface area contributed by atoms with Gasteiger partial charge in [0, 0.05) is 17.3 Å². The average molecular weight is 337 g/mol. The lowest BCUT2D eigenvalue weighted by Crippen LogP contribution is -2.21. The highest BCUT2D eigenvalue weighted by atomic mass is 35.5. The summed E-state index contributed by atoms with van der Waals surface area (Å²) in [6.07, 6.45) is 1.33. The zero-order chi connectivity index (χ0) is 16.2. The summed E-state index contributed by atoms with van der Waals surface area (Å²) in [4.78, 5) is 1.92. The summed E-state index contributed by atoms with van der Waals surface area (Å²) in [5.41, 5.74) is 1.83. The zero-order valence-corrected chi connectivity index (χ0v) is 14.0. The molecule has 0 amide bonds. The largest absolute Gasteiger partial charge is 0.332 e. The van der Waals surface area contributed by atoms with Crippen molar-refractivity contribution >= 4 is 33.7 Å². The van der Waals surface area contributed by atoms with Gasteiger partial charge in [0.1, 0.15) is 6.34 Å². The quantitative estimate of drug-likeness (QED) is 0.614. The van der Waals surface area contributed by atoms with Gasteiger partial charge in [-0.25, -0.2) is 0 Å². The van der Waals surface area contributed by atoms with Crippen LogP contribution in [0.4, 0.5) is 5.69 Å². The highest BCUT2D eigenvalue weighted by Crippen LogP contribution is 2.18. The Kier molecular flexibility index (Phi) is 5.21. The molecule has 0 bridgehead atoms. The molecule has 0 aliphatic heterocycles. The second-order valence-electron chi connectivity index (χ2n) is 4.77. The molecule has 0 aliphatic carbocycles. The molecule has 0 fully saturated rings. The Morgan fingerprint density at radius 2 is 1.68 bits per heavy atom. The Balaban J connectivity index is 2.24. The number of benzene rings is 2. The van der Waals surface area contributed by atoms with Gasteiger partial charge in [-0.15, -0.1) is 4.40 Å². The lowest BCUT2D eigenvalue weighted by molar-refractivity contribution is 0.598. The average Bonchev–Trinajstić information content (AvgIpc) is 2.50. The molecule has 0 heterocycles. The van der Waals surface area contributed by atoms with Gasteiger partial charge < -0.3 is 4.90 Å². The van der Waals surface area contributed by atoms with E-state index in [0.29, 0.717) is 11.6 Å². The van der Waals surface area contributed by atoms with Crippen molar-refractivity contribution in [1.29, 1.82) is 0 Å². The summed E-state index contributed by atoms with van der Waals surface area (Å²) < 4.78 is 28.2. The summed E-state index contributed by atoms with van der Waals surface area (Å²) in [6.45, 7) is 4.41. The lowest BCUT2D eigenvalue weighted by Gasteiger charge is -2.17. The van der Waals surface area contributed by atoms with Crippen molar-refractivity contribution in [2.75, 3.05) is 11.4 Å². The van der Waals surface area contributed by atoms with Crippen LogP contribution in [0.15, 0.2) is 57.8 Å². The molecule has 0 aromatic heterocycles. The molecule has 0 saturated heterocycles. The molecule has 0 unspecified atom stereocenters. The smallest absolute Gasteiger partial charge is 0.283 e. The molecular weight excluding hydrogens is 320 g/mol. The van der Waals surface area contributed by atoms with E-state index in [9.17, 15) is 8.42 Å². The van der Waals surface area contributed by atoms with E-state index in [1.807, 2.05) is 26.0 Å². The summed E-state index contributed by atoms with van der Waals surface area (Å²) in [6, 6.07) is 13.7. The monoisotopic (exact) mass is 336 g/mol. The molecule has 116 valence electrons. The molecular formula is C16H17ClN2O2S. The fourth-order valence-corrected chi connectivity index (χ4v) is 2.82. The Morgan fingerprint density at radius 1 is 1.09 bits per heavy atom. The van der Waals surface area contributed by atoms with Crippen LogP contribution in [-0.2, 0) is 10.0 Å². The van der Waals surface area contributed by atoms with Crippen LogP contribution >= 0.6 is 11.6 Å². The van der Waals surface area contributed by atoms with E-state index in [1.54, 1.807) is 41.3 Å². The fourth-order valence-electron chi connectivity index (χ4n) is 1.85. The van der Waals surface area contributed by atoms with Crippen LogP contribution in [0.1, 0.15) is 12.5 Å². The first-order chi connectivity index (χ1) is 10.4. The van der Waals surface area contributed by atoms with Gasteiger partial charge in [-0.1, -0.05) is 29.3 Å². The number of hydrogen-bond acceptors (Lipinski definition) is 2. The minimum Gasteiger partial charge on any atom is -0.332 e. The maximum Gasteiger partial charge on any atom is 0.283 e. The van der Waals surface area contributed by atoms with Gasteiger partial charge in [-0.2, -0.15) is 8.42 Å². The third-order valence-electron chi connectivity index (χ3n) is 3.14. The van der Waals surface area contributed by atoms with Crippen LogP contribution in [0.25, 0.3) is 0 Å². The first kappa shape index (κ1) is 16.5. The molecule has 0 N–H and O–H groups in total. The van der Waals surface area contributed by atoms with Crippen molar-refractivity contribution < 1.29 is 8.42 Å². The first-order valence-electron chi connectivity index (χ1n) is 6.82. The molecule has 6 heteroatoms. The number of anilines is 1. The number of sulfonamides is 1. The maximum atomic E-state index is 12.2. The molecule has 0 radical (unpaired) electrons. The molecule has 2 rings (SSSR count). The summed E-state index contributed by atoms with van der Waals surface area (Å²) in [7, 11) is -3.70. The zero-order valence-electron chi connectivity index (χ0n) is 12.4. The molecule has 0 spiro atoms. The van der Waals surface area contributed by atoms with E-state index >= 15 is 0 Å². The van der Waals surface area contributed by atoms with E-state index < -0.39 is 10.0 Å². The van der Waals surface area contributed by atoms with Crippen LogP contribution in [0.2, 0.25) is 5.02 Å². The van der Waals surface area contributed by atoms with Crippen molar-refractivity contribution in [3.05, 3.63) is 59.1 Å². The van der Waals surface area contributed by atoms with Crippen LogP contribution in [0.5, 0.6) is 0 Å². The van der Waals surface area contributed by atoms with Gasteiger partial charge >= 0.3 is 0 Å². The Labute approximate surface area is 136 Å².